The highest BCUT2D eigenvalue weighted by molar-refractivity contribution is 5.46. The first-order valence-electron chi connectivity index (χ1n) is 12.4. The highest BCUT2D eigenvalue weighted by Gasteiger charge is 2.28. The maximum Gasteiger partial charge on any atom is 0.207 e. The second-order valence-corrected chi connectivity index (χ2v) is 10.6. The lowest BCUT2D eigenvalue weighted by molar-refractivity contribution is -0.110. The molecule has 7 nitrogen and oxygen atoms in total. The van der Waals surface area contributed by atoms with Crippen LogP contribution in [0.25, 0.3) is 0 Å². The van der Waals surface area contributed by atoms with E-state index in [9.17, 15) is 4.79 Å². The van der Waals surface area contributed by atoms with Crippen LogP contribution in [0.3, 0.4) is 0 Å². The Kier molecular flexibility index (Phi) is 8.88. The zero-order valence-electron chi connectivity index (χ0n) is 20.8. The standard InChI is InChI=1S/C25H43N5O2/c1-6-32-17-22-15-23(28-24(27-22)25(3,4)5)30-14-13-29(16-19(30)2)12-11-20-7-9-21(10-8-20)26-18-31/h15,18-21H,6-14,16-17H2,1-5H3,(H,26,31). The summed E-state index contributed by atoms with van der Waals surface area (Å²) in [6.45, 7) is 16.3. The summed E-state index contributed by atoms with van der Waals surface area (Å²) in [5.74, 6) is 2.72. The van der Waals surface area contributed by atoms with Crippen LogP contribution >= 0.6 is 0 Å². The number of aromatic nitrogens is 2. The van der Waals surface area contributed by atoms with Crippen molar-refractivity contribution in [2.45, 2.75) is 90.8 Å². The number of amides is 1. The van der Waals surface area contributed by atoms with Gasteiger partial charge in [0.2, 0.25) is 6.41 Å². The molecular weight excluding hydrogens is 402 g/mol. The van der Waals surface area contributed by atoms with E-state index in [4.69, 9.17) is 14.7 Å². The Morgan fingerprint density at radius 3 is 2.56 bits per heavy atom. The first-order valence-corrected chi connectivity index (χ1v) is 12.4. The normalized spacial score (nSPS) is 25.0. The fraction of sp³-hybridized carbons (Fsp3) is 0.800. The van der Waals surface area contributed by atoms with Crippen molar-refractivity contribution < 1.29 is 9.53 Å². The molecule has 1 unspecified atom stereocenters. The Hall–Kier alpha value is -1.73. The molecule has 0 spiro atoms. The molecule has 32 heavy (non-hydrogen) atoms. The van der Waals surface area contributed by atoms with E-state index in [0.717, 1.165) is 62.1 Å². The smallest absolute Gasteiger partial charge is 0.207 e. The van der Waals surface area contributed by atoms with Crippen LogP contribution in [-0.4, -0.2) is 66.1 Å². The zero-order valence-corrected chi connectivity index (χ0v) is 20.8. The predicted molar refractivity (Wildman–Crippen MR) is 129 cm³/mol. The number of hydrogen-bond donors (Lipinski definition) is 1. The Morgan fingerprint density at radius 2 is 1.94 bits per heavy atom. The minimum absolute atomic E-state index is 0.0950. The zero-order chi connectivity index (χ0) is 23.1. The van der Waals surface area contributed by atoms with Crippen LogP contribution < -0.4 is 10.2 Å². The summed E-state index contributed by atoms with van der Waals surface area (Å²) in [4.78, 5) is 25.4. The lowest BCUT2D eigenvalue weighted by Crippen LogP contribution is -2.52. The number of carbonyl (C=O) groups excluding carboxylic acids is 1. The molecule has 7 heteroatoms. The molecule has 2 fully saturated rings. The number of carbonyl (C=O) groups is 1. The molecule has 2 aliphatic rings. The van der Waals surface area contributed by atoms with Crippen LogP contribution in [0.1, 0.15) is 78.2 Å². The van der Waals surface area contributed by atoms with Gasteiger partial charge in [0.1, 0.15) is 11.6 Å². The van der Waals surface area contributed by atoms with E-state index in [0.29, 0.717) is 25.3 Å². The third-order valence-electron chi connectivity index (χ3n) is 6.90. The van der Waals surface area contributed by atoms with Crippen molar-refractivity contribution >= 4 is 12.2 Å². The molecule has 1 atom stereocenters. The molecule has 1 saturated heterocycles. The highest BCUT2D eigenvalue weighted by atomic mass is 16.5. The molecular formula is C25H43N5O2. The molecule has 1 aromatic heterocycles. The first kappa shape index (κ1) is 24.9. The Morgan fingerprint density at radius 1 is 1.19 bits per heavy atom. The van der Waals surface area contributed by atoms with Crippen molar-refractivity contribution in [1.82, 2.24) is 20.2 Å². The van der Waals surface area contributed by atoms with E-state index in [-0.39, 0.29) is 5.41 Å². The predicted octanol–water partition coefficient (Wildman–Crippen LogP) is 3.52. The van der Waals surface area contributed by atoms with Crippen molar-refractivity contribution in [3.63, 3.8) is 0 Å². The monoisotopic (exact) mass is 445 g/mol. The summed E-state index contributed by atoms with van der Waals surface area (Å²) in [7, 11) is 0. The third-order valence-corrected chi connectivity index (χ3v) is 6.90. The van der Waals surface area contributed by atoms with Gasteiger partial charge in [-0.1, -0.05) is 20.8 Å². The number of anilines is 1. The number of nitrogens with one attached hydrogen (secondary N) is 1. The average Bonchev–Trinajstić information content (AvgIpc) is 2.76. The molecule has 2 heterocycles. The second-order valence-electron chi connectivity index (χ2n) is 10.6. The number of hydrogen-bond acceptors (Lipinski definition) is 6. The summed E-state index contributed by atoms with van der Waals surface area (Å²) in [5.41, 5.74) is 0.874. The maximum absolute atomic E-state index is 10.6. The van der Waals surface area contributed by atoms with Crippen molar-refractivity contribution in [2.75, 3.05) is 37.7 Å². The van der Waals surface area contributed by atoms with Crippen molar-refractivity contribution in [1.29, 1.82) is 0 Å². The summed E-state index contributed by atoms with van der Waals surface area (Å²) >= 11 is 0. The molecule has 1 aromatic rings. The summed E-state index contributed by atoms with van der Waals surface area (Å²) in [6, 6.07) is 2.92. The minimum Gasteiger partial charge on any atom is -0.375 e. The van der Waals surface area contributed by atoms with Crippen molar-refractivity contribution in [3.8, 4) is 0 Å². The van der Waals surface area contributed by atoms with Gasteiger partial charge in [-0.15, -0.1) is 0 Å². The lowest BCUT2D eigenvalue weighted by atomic mass is 9.84. The van der Waals surface area contributed by atoms with Gasteiger partial charge < -0.3 is 15.0 Å². The molecule has 3 rings (SSSR count). The SMILES string of the molecule is CCOCc1cc(N2CCN(CCC3CCC(NC=O)CC3)CC2C)nc(C(C)(C)C)n1. The van der Waals surface area contributed by atoms with Crippen LogP contribution in [-0.2, 0) is 21.6 Å². The van der Waals surface area contributed by atoms with E-state index in [2.05, 4.69) is 48.9 Å². The van der Waals surface area contributed by atoms with Gasteiger partial charge in [0.05, 0.1) is 12.3 Å². The van der Waals surface area contributed by atoms with Gasteiger partial charge in [0.15, 0.2) is 0 Å². The van der Waals surface area contributed by atoms with Crippen LogP contribution in [0.5, 0.6) is 0 Å². The van der Waals surface area contributed by atoms with Gasteiger partial charge in [-0.05, 0) is 58.4 Å². The van der Waals surface area contributed by atoms with Crippen LogP contribution in [0.4, 0.5) is 5.82 Å². The van der Waals surface area contributed by atoms with Gasteiger partial charge in [0, 0.05) is 49.8 Å². The van der Waals surface area contributed by atoms with E-state index in [1.807, 2.05) is 6.92 Å². The number of rotatable bonds is 9. The third kappa shape index (κ3) is 6.88. The van der Waals surface area contributed by atoms with Crippen LogP contribution in [0, 0.1) is 5.92 Å². The number of nitrogens with zero attached hydrogens (tertiary/aromatic N) is 4. The van der Waals surface area contributed by atoms with E-state index >= 15 is 0 Å². The maximum atomic E-state index is 10.6. The Labute approximate surface area is 194 Å². The summed E-state index contributed by atoms with van der Waals surface area (Å²) < 4.78 is 5.64. The van der Waals surface area contributed by atoms with Gasteiger partial charge >= 0.3 is 0 Å². The molecule has 1 N–H and O–H groups in total. The van der Waals surface area contributed by atoms with Crippen molar-refractivity contribution in [3.05, 3.63) is 17.6 Å². The van der Waals surface area contributed by atoms with E-state index in [1.165, 1.54) is 25.8 Å². The van der Waals surface area contributed by atoms with Gasteiger partial charge in [0.25, 0.3) is 0 Å². The quantitative estimate of drug-likeness (QED) is 0.587. The van der Waals surface area contributed by atoms with Crippen LogP contribution in [0.2, 0.25) is 0 Å². The van der Waals surface area contributed by atoms with Crippen molar-refractivity contribution in [2.24, 2.45) is 5.92 Å². The topological polar surface area (TPSA) is 70.6 Å². The van der Waals surface area contributed by atoms with Gasteiger partial charge in [-0.2, -0.15) is 0 Å². The fourth-order valence-electron chi connectivity index (χ4n) is 4.90. The summed E-state index contributed by atoms with van der Waals surface area (Å²) in [6.07, 6.45) is 6.84. The molecule has 0 radical (unpaired) electrons. The lowest BCUT2D eigenvalue weighted by Gasteiger charge is -2.41. The number of piperazine rings is 1. The first-order chi connectivity index (χ1) is 15.3. The summed E-state index contributed by atoms with van der Waals surface area (Å²) in [5, 5.41) is 2.95. The highest BCUT2D eigenvalue weighted by Crippen LogP contribution is 2.28. The largest absolute Gasteiger partial charge is 0.375 e. The molecule has 1 aliphatic heterocycles. The number of ether oxygens (including phenoxy) is 1. The Balaban J connectivity index is 1.56. The fourth-order valence-corrected chi connectivity index (χ4v) is 4.90. The Bertz CT molecular complexity index is 728. The van der Waals surface area contributed by atoms with Gasteiger partial charge in [-0.3, -0.25) is 9.69 Å². The van der Waals surface area contributed by atoms with Gasteiger partial charge in [-0.25, -0.2) is 9.97 Å². The van der Waals surface area contributed by atoms with Crippen LogP contribution in [0.15, 0.2) is 6.07 Å². The average molecular weight is 446 g/mol. The second kappa shape index (κ2) is 11.4. The molecule has 1 saturated carbocycles. The molecule has 1 aliphatic carbocycles. The molecule has 0 aromatic carbocycles. The van der Waals surface area contributed by atoms with E-state index in [1.54, 1.807) is 0 Å². The van der Waals surface area contributed by atoms with E-state index < -0.39 is 0 Å². The molecule has 1 amide bonds. The molecule has 180 valence electrons. The minimum atomic E-state index is -0.0950. The molecule has 0 bridgehead atoms.